The van der Waals surface area contributed by atoms with Gasteiger partial charge in [0.25, 0.3) is 0 Å². The molecule has 1 aromatic rings. The molecule has 1 aromatic heterocycles. The van der Waals surface area contributed by atoms with E-state index in [2.05, 4.69) is 17.2 Å². The molecular formula is C13H20N2O3. The highest BCUT2D eigenvalue weighted by molar-refractivity contribution is 5.99. The van der Waals surface area contributed by atoms with Gasteiger partial charge in [0.05, 0.1) is 5.69 Å². The number of aromatic amines is 1. The molecule has 0 aliphatic carbocycles. The summed E-state index contributed by atoms with van der Waals surface area (Å²) in [6, 6.07) is 1.63. The van der Waals surface area contributed by atoms with E-state index in [1.807, 2.05) is 0 Å². The number of aryl methyl sites for hydroxylation is 1. The van der Waals surface area contributed by atoms with Crippen molar-refractivity contribution in [2.24, 2.45) is 0 Å². The Morgan fingerprint density at radius 2 is 2.06 bits per heavy atom. The molecule has 5 nitrogen and oxygen atoms in total. The number of amides is 1. The summed E-state index contributed by atoms with van der Waals surface area (Å²) in [6.45, 7) is 3.87. The molecule has 0 aromatic carbocycles. The van der Waals surface area contributed by atoms with Crippen LogP contribution in [0.4, 0.5) is 5.69 Å². The van der Waals surface area contributed by atoms with Crippen LogP contribution in [0.1, 0.15) is 55.2 Å². The summed E-state index contributed by atoms with van der Waals surface area (Å²) in [4.78, 5) is 25.3. The third-order valence-corrected chi connectivity index (χ3v) is 2.70. The third-order valence-electron chi connectivity index (χ3n) is 2.70. The number of unbranched alkanes of at least 4 members (excludes halogenated alkanes) is 3. The molecule has 3 N–H and O–H groups in total. The molecule has 5 heteroatoms. The number of H-pyrrole nitrogens is 1. The first-order valence-electron chi connectivity index (χ1n) is 6.27. The van der Waals surface area contributed by atoms with Crippen LogP contribution in [0.5, 0.6) is 0 Å². The molecule has 0 aliphatic heterocycles. The normalized spacial score (nSPS) is 10.3. The zero-order chi connectivity index (χ0) is 13.5. The first-order valence-corrected chi connectivity index (χ1v) is 6.27. The lowest BCUT2D eigenvalue weighted by Crippen LogP contribution is -2.13. The van der Waals surface area contributed by atoms with Gasteiger partial charge in [-0.1, -0.05) is 26.2 Å². The second-order valence-electron chi connectivity index (χ2n) is 4.41. The van der Waals surface area contributed by atoms with Crippen molar-refractivity contribution in [1.82, 2.24) is 4.98 Å². The average Bonchev–Trinajstić information content (AvgIpc) is 2.66. The summed E-state index contributed by atoms with van der Waals surface area (Å²) in [6.07, 6.45) is 4.55. The highest BCUT2D eigenvalue weighted by atomic mass is 16.4. The topological polar surface area (TPSA) is 82.2 Å². The van der Waals surface area contributed by atoms with Crippen molar-refractivity contribution < 1.29 is 14.7 Å². The number of aromatic carboxylic acids is 1. The summed E-state index contributed by atoms with van der Waals surface area (Å²) < 4.78 is 0. The monoisotopic (exact) mass is 252 g/mol. The molecule has 0 spiro atoms. The summed E-state index contributed by atoms with van der Waals surface area (Å²) in [7, 11) is 0. The Bertz CT molecular complexity index is 424. The van der Waals surface area contributed by atoms with E-state index in [1.165, 1.54) is 0 Å². The van der Waals surface area contributed by atoms with Gasteiger partial charge in [-0.3, -0.25) is 4.79 Å². The molecular weight excluding hydrogens is 232 g/mol. The van der Waals surface area contributed by atoms with Crippen molar-refractivity contribution in [2.75, 3.05) is 5.32 Å². The lowest BCUT2D eigenvalue weighted by Gasteiger charge is -2.04. The zero-order valence-corrected chi connectivity index (χ0v) is 10.9. The summed E-state index contributed by atoms with van der Waals surface area (Å²) in [5, 5.41) is 11.6. The number of anilines is 1. The quantitative estimate of drug-likeness (QED) is 0.652. The van der Waals surface area contributed by atoms with Crippen LogP contribution in [0, 0.1) is 6.92 Å². The Morgan fingerprint density at radius 3 is 2.67 bits per heavy atom. The van der Waals surface area contributed by atoms with E-state index >= 15 is 0 Å². The van der Waals surface area contributed by atoms with Gasteiger partial charge in [-0.2, -0.15) is 0 Å². The van der Waals surface area contributed by atoms with E-state index in [0.717, 1.165) is 25.7 Å². The van der Waals surface area contributed by atoms with Gasteiger partial charge in [-0.15, -0.1) is 0 Å². The summed E-state index contributed by atoms with van der Waals surface area (Å²) >= 11 is 0. The fraction of sp³-hybridized carbons (Fsp3) is 0.538. The van der Waals surface area contributed by atoms with Crippen molar-refractivity contribution in [3.63, 3.8) is 0 Å². The van der Waals surface area contributed by atoms with E-state index < -0.39 is 5.97 Å². The lowest BCUT2D eigenvalue weighted by molar-refractivity contribution is -0.116. The molecule has 0 atom stereocenters. The standard InChI is InChI=1S/C13H20N2O3/c1-3-4-5-6-7-11(16)15-10-8-9(2)14-12(10)13(17)18/h8,14H,3-7H2,1-2H3,(H,15,16)(H,17,18). The SMILES string of the molecule is CCCCCCC(=O)Nc1cc(C)[nH]c1C(=O)O. The van der Waals surface area contributed by atoms with Gasteiger partial charge in [0.2, 0.25) is 5.91 Å². The number of nitrogens with one attached hydrogen (secondary N) is 2. The van der Waals surface area contributed by atoms with Crippen LogP contribution in [0.25, 0.3) is 0 Å². The smallest absolute Gasteiger partial charge is 0.354 e. The molecule has 1 amide bonds. The van der Waals surface area contributed by atoms with Gasteiger partial charge >= 0.3 is 5.97 Å². The predicted molar refractivity (Wildman–Crippen MR) is 69.9 cm³/mol. The second kappa shape index (κ2) is 6.83. The largest absolute Gasteiger partial charge is 0.477 e. The molecule has 1 rings (SSSR count). The van der Waals surface area contributed by atoms with Crippen LogP contribution in [0.2, 0.25) is 0 Å². The minimum atomic E-state index is -1.07. The zero-order valence-electron chi connectivity index (χ0n) is 10.9. The number of hydrogen-bond donors (Lipinski definition) is 3. The van der Waals surface area contributed by atoms with Gasteiger partial charge in [0, 0.05) is 12.1 Å². The molecule has 0 bridgehead atoms. The van der Waals surface area contributed by atoms with Crippen molar-refractivity contribution in [3.05, 3.63) is 17.5 Å². The minimum absolute atomic E-state index is 0.0365. The molecule has 1 heterocycles. The van der Waals surface area contributed by atoms with Gasteiger partial charge < -0.3 is 15.4 Å². The Hall–Kier alpha value is -1.78. The van der Waals surface area contributed by atoms with Crippen LogP contribution in [0.15, 0.2) is 6.07 Å². The Kier molecular flexibility index (Phi) is 5.42. The molecule has 0 fully saturated rings. The van der Waals surface area contributed by atoms with Gasteiger partial charge in [-0.05, 0) is 19.4 Å². The van der Waals surface area contributed by atoms with E-state index in [4.69, 9.17) is 5.11 Å². The molecule has 0 unspecified atom stereocenters. The Balaban J connectivity index is 2.51. The number of aromatic nitrogens is 1. The number of carbonyl (C=O) groups excluding carboxylic acids is 1. The molecule has 0 radical (unpaired) electrons. The van der Waals surface area contributed by atoms with Crippen molar-refractivity contribution in [3.8, 4) is 0 Å². The van der Waals surface area contributed by atoms with Crippen LogP contribution in [-0.2, 0) is 4.79 Å². The van der Waals surface area contributed by atoms with Crippen LogP contribution in [0.3, 0.4) is 0 Å². The number of rotatable bonds is 7. The first kappa shape index (κ1) is 14.3. The first-order chi connectivity index (χ1) is 8.54. The van der Waals surface area contributed by atoms with Crippen molar-refractivity contribution in [1.29, 1.82) is 0 Å². The van der Waals surface area contributed by atoms with Gasteiger partial charge in [-0.25, -0.2) is 4.79 Å². The molecule has 100 valence electrons. The van der Waals surface area contributed by atoms with E-state index in [-0.39, 0.29) is 11.6 Å². The van der Waals surface area contributed by atoms with E-state index in [1.54, 1.807) is 13.0 Å². The maximum absolute atomic E-state index is 11.6. The van der Waals surface area contributed by atoms with E-state index in [9.17, 15) is 9.59 Å². The molecule has 18 heavy (non-hydrogen) atoms. The second-order valence-corrected chi connectivity index (χ2v) is 4.41. The Morgan fingerprint density at radius 1 is 1.33 bits per heavy atom. The summed E-state index contributed by atoms with van der Waals surface area (Å²) in [5.41, 5.74) is 1.10. The lowest BCUT2D eigenvalue weighted by atomic mass is 10.1. The van der Waals surface area contributed by atoms with Crippen LogP contribution < -0.4 is 5.32 Å². The van der Waals surface area contributed by atoms with Crippen molar-refractivity contribution in [2.45, 2.75) is 46.0 Å². The highest BCUT2D eigenvalue weighted by Gasteiger charge is 2.14. The fourth-order valence-electron chi connectivity index (χ4n) is 1.78. The predicted octanol–water partition coefficient (Wildman–Crippen LogP) is 2.93. The number of carboxylic acid groups (broad SMARTS) is 1. The van der Waals surface area contributed by atoms with Gasteiger partial charge in [0.15, 0.2) is 0 Å². The fourth-order valence-corrected chi connectivity index (χ4v) is 1.78. The van der Waals surface area contributed by atoms with Crippen LogP contribution >= 0.6 is 0 Å². The number of carbonyl (C=O) groups is 2. The maximum Gasteiger partial charge on any atom is 0.354 e. The number of carboxylic acids is 1. The average molecular weight is 252 g/mol. The minimum Gasteiger partial charge on any atom is -0.477 e. The third kappa shape index (κ3) is 4.24. The number of hydrogen-bond acceptors (Lipinski definition) is 2. The molecule has 0 saturated heterocycles. The van der Waals surface area contributed by atoms with Crippen LogP contribution in [-0.4, -0.2) is 22.0 Å². The molecule has 0 saturated carbocycles. The van der Waals surface area contributed by atoms with E-state index in [0.29, 0.717) is 17.8 Å². The maximum atomic E-state index is 11.6. The molecule has 0 aliphatic rings. The Labute approximate surface area is 107 Å². The highest BCUT2D eigenvalue weighted by Crippen LogP contribution is 2.17. The summed E-state index contributed by atoms with van der Waals surface area (Å²) in [5.74, 6) is -1.20. The van der Waals surface area contributed by atoms with Gasteiger partial charge in [0.1, 0.15) is 5.69 Å². The van der Waals surface area contributed by atoms with Crippen molar-refractivity contribution >= 4 is 17.6 Å².